The highest BCUT2D eigenvalue weighted by Crippen LogP contribution is 2.29. The van der Waals surface area contributed by atoms with Gasteiger partial charge in [-0.1, -0.05) is 0 Å². The van der Waals surface area contributed by atoms with Gasteiger partial charge in [0.1, 0.15) is 11.3 Å². The molecule has 2 N–H and O–H groups in total. The third-order valence-corrected chi connectivity index (χ3v) is 5.46. The second-order valence-corrected chi connectivity index (χ2v) is 7.29. The Balaban J connectivity index is 2.49. The topological polar surface area (TPSA) is 104 Å². The molecule has 0 atom stereocenters. The fourth-order valence-electron chi connectivity index (χ4n) is 2.26. The molecule has 1 fully saturated rings. The molecule has 1 aliphatic heterocycles. The summed E-state index contributed by atoms with van der Waals surface area (Å²) in [4.78, 5) is 10.9. The first-order chi connectivity index (χ1) is 9.66. The molecular formula is C13H17NO6S. The first-order valence-electron chi connectivity index (χ1n) is 6.33. The van der Waals surface area contributed by atoms with Gasteiger partial charge >= 0.3 is 5.97 Å². The predicted molar refractivity (Wildman–Crippen MR) is 73.9 cm³/mol. The van der Waals surface area contributed by atoms with Gasteiger partial charge in [0.05, 0.1) is 23.6 Å². The second-order valence-electron chi connectivity index (χ2n) is 5.43. The molecule has 0 saturated carbocycles. The molecule has 1 heterocycles. The number of carbonyl (C=O) groups is 1. The Morgan fingerprint density at radius 2 is 2.05 bits per heavy atom. The summed E-state index contributed by atoms with van der Waals surface area (Å²) in [7, 11) is -3.86. The molecule has 7 nitrogen and oxygen atoms in total. The maximum absolute atomic E-state index is 12.7. The average Bonchev–Trinajstić information content (AvgIpc) is 2.37. The molecule has 21 heavy (non-hydrogen) atoms. The van der Waals surface area contributed by atoms with Gasteiger partial charge in [0.2, 0.25) is 10.0 Å². The van der Waals surface area contributed by atoms with E-state index in [0.717, 1.165) is 12.1 Å². The van der Waals surface area contributed by atoms with E-state index >= 15 is 0 Å². The van der Waals surface area contributed by atoms with Crippen molar-refractivity contribution in [1.29, 1.82) is 0 Å². The van der Waals surface area contributed by atoms with Crippen LogP contribution in [0, 0.1) is 0 Å². The minimum atomic E-state index is -3.86. The molecule has 1 aromatic carbocycles. The maximum atomic E-state index is 12.7. The number of hydrogen-bond donors (Lipinski definition) is 2. The Morgan fingerprint density at radius 1 is 1.38 bits per heavy atom. The lowest BCUT2D eigenvalue weighted by molar-refractivity contribution is -0.00770. The minimum absolute atomic E-state index is 0.160. The summed E-state index contributed by atoms with van der Waals surface area (Å²) >= 11 is 0. The highest BCUT2D eigenvalue weighted by Gasteiger charge is 2.40. The molecule has 1 aromatic rings. The van der Waals surface area contributed by atoms with E-state index in [4.69, 9.17) is 9.84 Å². The number of nitrogens with zero attached hydrogens (tertiary/aromatic N) is 1. The lowest BCUT2D eigenvalue weighted by atomic mass is 10.1. The Hall–Kier alpha value is -1.64. The van der Waals surface area contributed by atoms with Gasteiger partial charge < -0.3 is 14.9 Å². The van der Waals surface area contributed by atoms with Crippen LogP contribution in [0.25, 0.3) is 0 Å². The Labute approximate surface area is 122 Å². The number of sulfonamides is 1. The molecular weight excluding hydrogens is 298 g/mol. The first kappa shape index (κ1) is 15.7. The van der Waals surface area contributed by atoms with Crippen molar-refractivity contribution >= 4 is 16.0 Å². The quantitative estimate of drug-likeness (QED) is 0.858. The fraction of sp³-hybridized carbons (Fsp3) is 0.462. The van der Waals surface area contributed by atoms with Crippen LogP contribution in [0.2, 0.25) is 0 Å². The van der Waals surface area contributed by atoms with E-state index < -0.39 is 32.8 Å². The standard InChI is InChI=1S/C13H17NO6S/c1-13(2)8-20-6-5-14(13)21(18,19)9-3-4-11(15)10(7-9)12(16)17/h3-4,7,15H,5-6,8H2,1-2H3,(H,16,17). The Bertz CT molecular complexity index is 667. The molecule has 0 bridgehead atoms. The van der Waals surface area contributed by atoms with Gasteiger partial charge in [-0.3, -0.25) is 0 Å². The van der Waals surface area contributed by atoms with Crippen molar-refractivity contribution in [2.75, 3.05) is 19.8 Å². The largest absolute Gasteiger partial charge is 0.507 e. The summed E-state index contributed by atoms with van der Waals surface area (Å²) in [6, 6.07) is 3.24. The van der Waals surface area contributed by atoms with E-state index in [0.29, 0.717) is 0 Å². The van der Waals surface area contributed by atoms with Crippen molar-refractivity contribution in [3.8, 4) is 5.75 Å². The fourth-order valence-corrected chi connectivity index (χ4v) is 4.04. The van der Waals surface area contributed by atoms with Crippen LogP contribution >= 0.6 is 0 Å². The van der Waals surface area contributed by atoms with Crippen LogP contribution in [0.5, 0.6) is 5.75 Å². The molecule has 0 radical (unpaired) electrons. The zero-order valence-electron chi connectivity index (χ0n) is 11.7. The number of aromatic hydroxyl groups is 1. The van der Waals surface area contributed by atoms with E-state index in [9.17, 15) is 18.3 Å². The molecule has 8 heteroatoms. The van der Waals surface area contributed by atoms with Crippen molar-refractivity contribution in [1.82, 2.24) is 4.31 Å². The van der Waals surface area contributed by atoms with E-state index in [2.05, 4.69) is 0 Å². The van der Waals surface area contributed by atoms with Crippen molar-refractivity contribution < 1.29 is 28.2 Å². The minimum Gasteiger partial charge on any atom is -0.507 e. The number of benzene rings is 1. The average molecular weight is 315 g/mol. The van der Waals surface area contributed by atoms with Gasteiger partial charge in [-0.05, 0) is 32.0 Å². The molecule has 2 rings (SSSR count). The van der Waals surface area contributed by atoms with Gasteiger partial charge in [0.15, 0.2) is 0 Å². The smallest absolute Gasteiger partial charge is 0.339 e. The van der Waals surface area contributed by atoms with Gasteiger partial charge in [-0.2, -0.15) is 4.31 Å². The van der Waals surface area contributed by atoms with Crippen LogP contribution < -0.4 is 0 Å². The van der Waals surface area contributed by atoms with Crippen LogP contribution in [-0.4, -0.2) is 54.2 Å². The molecule has 116 valence electrons. The molecule has 0 aromatic heterocycles. The summed E-state index contributed by atoms with van der Waals surface area (Å²) in [5.74, 6) is -1.85. The van der Waals surface area contributed by atoms with Crippen LogP contribution in [0.15, 0.2) is 23.1 Å². The number of ether oxygens (including phenoxy) is 1. The van der Waals surface area contributed by atoms with Crippen LogP contribution in [0.4, 0.5) is 0 Å². The molecule has 1 saturated heterocycles. The number of aromatic carboxylic acids is 1. The van der Waals surface area contributed by atoms with E-state index in [1.54, 1.807) is 13.8 Å². The summed E-state index contributed by atoms with van der Waals surface area (Å²) in [6.45, 7) is 4.21. The Morgan fingerprint density at radius 3 is 2.62 bits per heavy atom. The number of morpholine rings is 1. The highest BCUT2D eigenvalue weighted by atomic mass is 32.2. The maximum Gasteiger partial charge on any atom is 0.339 e. The molecule has 0 aliphatic carbocycles. The SMILES string of the molecule is CC1(C)COCCN1S(=O)(=O)c1ccc(O)c(C(=O)O)c1. The van der Waals surface area contributed by atoms with E-state index in [1.165, 1.54) is 10.4 Å². The van der Waals surface area contributed by atoms with Crippen molar-refractivity contribution in [3.05, 3.63) is 23.8 Å². The lowest BCUT2D eigenvalue weighted by Gasteiger charge is -2.40. The predicted octanol–water partition coefficient (Wildman–Crippen LogP) is 0.890. The second kappa shape index (κ2) is 5.28. The van der Waals surface area contributed by atoms with Gasteiger partial charge in [-0.25, -0.2) is 13.2 Å². The van der Waals surface area contributed by atoms with Crippen molar-refractivity contribution in [2.45, 2.75) is 24.3 Å². The van der Waals surface area contributed by atoms with Gasteiger partial charge in [0, 0.05) is 6.54 Å². The first-order valence-corrected chi connectivity index (χ1v) is 7.77. The summed E-state index contributed by atoms with van der Waals surface area (Å²) in [5.41, 5.74) is -1.17. The van der Waals surface area contributed by atoms with Gasteiger partial charge in [-0.15, -0.1) is 0 Å². The van der Waals surface area contributed by atoms with Crippen molar-refractivity contribution in [3.63, 3.8) is 0 Å². The number of carboxylic acid groups (broad SMARTS) is 1. The molecule has 1 aliphatic rings. The summed E-state index contributed by atoms with van der Waals surface area (Å²) in [6.07, 6.45) is 0. The van der Waals surface area contributed by atoms with E-state index in [-0.39, 0.29) is 24.7 Å². The third kappa shape index (κ3) is 2.87. The Kier molecular flexibility index (Phi) is 3.96. The molecule has 0 unspecified atom stereocenters. The third-order valence-electron chi connectivity index (χ3n) is 3.36. The number of hydrogen-bond acceptors (Lipinski definition) is 5. The highest BCUT2D eigenvalue weighted by molar-refractivity contribution is 7.89. The van der Waals surface area contributed by atoms with Crippen LogP contribution in [-0.2, 0) is 14.8 Å². The normalized spacial score (nSPS) is 19.3. The molecule has 0 amide bonds. The monoisotopic (exact) mass is 315 g/mol. The number of phenols is 1. The van der Waals surface area contributed by atoms with E-state index in [1.807, 2.05) is 0 Å². The zero-order valence-corrected chi connectivity index (χ0v) is 12.6. The van der Waals surface area contributed by atoms with Gasteiger partial charge in [0.25, 0.3) is 0 Å². The summed E-state index contributed by atoms with van der Waals surface area (Å²) < 4.78 is 31.9. The van der Waals surface area contributed by atoms with Crippen LogP contribution in [0.3, 0.4) is 0 Å². The van der Waals surface area contributed by atoms with Crippen molar-refractivity contribution in [2.24, 2.45) is 0 Å². The lowest BCUT2D eigenvalue weighted by Crippen LogP contribution is -2.55. The number of carboxylic acids is 1. The molecule has 0 spiro atoms. The van der Waals surface area contributed by atoms with Crippen LogP contribution in [0.1, 0.15) is 24.2 Å². The zero-order chi connectivity index (χ0) is 15.8. The summed E-state index contributed by atoms with van der Waals surface area (Å²) in [5, 5.41) is 18.5. The number of rotatable bonds is 3.